The molecule has 1 N–H and O–H groups in total. The Balaban J connectivity index is 1.74. The fourth-order valence-corrected chi connectivity index (χ4v) is 3.80. The molecule has 0 radical (unpaired) electrons. The van der Waals surface area contributed by atoms with Crippen molar-refractivity contribution >= 4 is 36.4 Å². The summed E-state index contributed by atoms with van der Waals surface area (Å²) in [4.78, 5) is 36.1. The van der Waals surface area contributed by atoms with Crippen LogP contribution in [0.15, 0.2) is 48.5 Å². The molecule has 3 rings (SSSR count). The van der Waals surface area contributed by atoms with Crippen molar-refractivity contribution in [2.75, 3.05) is 11.9 Å². The quantitative estimate of drug-likeness (QED) is 0.262. The zero-order chi connectivity index (χ0) is 24.2. The SMILES string of the molecule is O=C[C@]1(Nc2cccc(OC(F)(F)F)c2)C[C@H](S)CN1C(=O)OCc1ccc([N+](=O)[O-])cc1. The Hall–Kier alpha value is -3.48. The summed E-state index contributed by atoms with van der Waals surface area (Å²) in [7, 11) is 0. The lowest BCUT2D eigenvalue weighted by atomic mass is 10.1. The molecule has 1 heterocycles. The first-order valence-corrected chi connectivity index (χ1v) is 9.99. The van der Waals surface area contributed by atoms with Crippen LogP contribution in [0.25, 0.3) is 0 Å². The predicted molar refractivity (Wildman–Crippen MR) is 113 cm³/mol. The number of carbonyl (C=O) groups excluding carboxylic acids is 2. The number of amides is 1. The van der Waals surface area contributed by atoms with Gasteiger partial charge in [-0.15, -0.1) is 13.2 Å². The highest BCUT2D eigenvalue weighted by atomic mass is 32.1. The van der Waals surface area contributed by atoms with Gasteiger partial charge >= 0.3 is 12.5 Å². The third kappa shape index (κ3) is 6.06. The van der Waals surface area contributed by atoms with Gasteiger partial charge in [-0.2, -0.15) is 12.6 Å². The lowest BCUT2D eigenvalue weighted by Crippen LogP contribution is -2.54. The number of aldehydes is 1. The van der Waals surface area contributed by atoms with Crippen LogP contribution < -0.4 is 10.1 Å². The van der Waals surface area contributed by atoms with Crippen molar-refractivity contribution in [3.05, 3.63) is 64.2 Å². The fourth-order valence-electron chi connectivity index (χ4n) is 3.36. The van der Waals surface area contributed by atoms with E-state index < -0.39 is 34.0 Å². The van der Waals surface area contributed by atoms with Crippen LogP contribution in [0.5, 0.6) is 5.75 Å². The largest absolute Gasteiger partial charge is 0.573 e. The normalized spacial score (nSPS) is 20.2. The Morgan fingerprint density at radius 1 is 1.30 bits per heavy atom. The molecule has 1 saturated heterocycles. The first kappa shape index (κ1) is 24.2. The molecule has 1 aliphatic heterocycles. The minimum absolute atomic E-state index is 0.0344. The topological polar surface area (TPSA) is 111 Å². The highest BCUT2D eigenvalue weighted by Gasteiger charge is 2.48. The molecule has 0 unspecified atom stereocenters. The van der Waals surface area contributed by atoms with Crippen LogP contribution in [-0.2, 0) is 16.1 Å². The first-order valence-electron chi connectivity index (χ1n) is 9.47. The van der Waals surface area contributed by atoms with E-state index in [2.05, 4.69) is 22.7 Å². The number of anilines is 1. The van der Waals surface area contributed by atoms with Gasteiger partial charge in [-0.1, -0.05) is 6.07 Å². The summed E-state index contributed by atoms with van der Waals surface area (Å²) in [6.45, 7) is -0.179. The Bertz CT molecular complexity index is 1040. The number of non-ortho nitro benzene ring substituents is 1. The molecule has 33 heavy (non-hydrogen) atoms. The van der Waals surface area contributed by atoms with Crippen molar-refractivity contribution in [2.24, 2.45) is 0 Å². The summed E-state index contributed by atoms with van der Waals surface area (Å²) in [5, 5.41) is 13.1. The van der Waals surface area contributed by atoms with Gasteiger partial charge in [0.15, 0.2) is 11.9 Å². The first-order chi connectivity index (χ1) is 15.5. The molecule has 1 amide bonds. The molecule has 1 fully saturated rings. The fraction of sp³-hybridized carbons (Fsp3) is 0.300. The van der Waals surface area contributed by atoms with E-state index in [0.717, 1.165) is 17.0 Å². The highest BCUT2D eigenvalue weighted by molar-refractivity contribution is 7.81. The summed E-state index contributed by atoms with van der Waals surface area (Å²) in [5.41, 5.74) is -1.14. The molecular weight excluding hydrogens is 467 g/mol. The lowest BCUT2D eigenvalue weighted by molar-refractivity contribution is -0.384. The summed E-state index contributed by atoms with van der Waals surface area (Å²) >= 11 is 4.34. The van der Waals surface area contributed by atoms with E-state index in [1.807, 2.05) is 0 Å². The summed E-state index contributed by atoms with van der Waals surface area (Å²) in [6.07, 6.45) is -5.23. The second-order valence-corrected chi connectivity index (χ2v) is 7.92. The number of alkyl halides is 3. The zero-order valence-electron chi connectivity index (χ0n) is 16.8. The minimum atomic E-state index is -4.89. The van der Waals surface area contributed by atoms with E-state index >= 15 is 0 Å². The van der Waals surface area contributed by atoms with Gasteiger partial charge in [0.1, 0.15) is 12.4 Å². The van der Waals surface area contributed by atoms with Crippen molar-refractivity contribution in [1.82, 2.24) is 4.90 Å². The van der Waals surface area contributed by atoms with Crippen molar-refractivity contribution in [1.29, 1.82) is 0 Å². The van der Waals surface area contributed by atoms with Gasteiger partial charge in [0, 0.05) is 42.1 Å². The standard InChI is InChI=1S/C20H18F3N3O6S/c21-20(22,23)32-16-3-1-2-14(8-16)24-19(12-27)9-17(33)10-25(19)18(28)31-11-13-4-6-15(7-5-13)26(29)30/h1-8,12,17,24,33H,9-11H2/t17-,19-/m0/s1. The van der Waals surface area contributed by atoms with Crippen molar-refractivity contribution in [3.8, 4) is 5.75 Å². The van der Waals surface area contributed by atoms with Crippen molar-refractivity contribution in [3.63, 3.8) is 0 Å². The number of nitro benzene ring substituents is 1. The maximum atomic E-state index is 12.7. The molecule has 176 valence electrons. The van der Waals surface area contributed by atoms with Gasteiger partial charge in [0.05, 0.1) is 4.92 Å². The molecule has 2 aromatic carbocycles. The number of ether oxygens (including phenoxy) is 2. The Kier molecular flexibility index (Phi) is 7.01. The molecule has 0 bridgehead atoms. The molecule has 9 nitrogen and oxygen atoms in total. The van der Waals surface area contributed by atoms with E-state index in [1.165, 1.54) is 36.4 Å². The average Bonchev–Trinajstić information content (AvgIpc) is 3.07. The van der Waals surface area contributed by atoms with E-state index in [9.17, 15) is 32.9 Å². The molecule has 1 aliphatic rings. The second kappa shape index (κ2) is 9.57. The van der Waals surface area contributed by atoms with Crippen LogP contribution in [0.1, 0.15) is 12.0 Å². The van der Waals surface area contributed by atoms with Gasteiger partial charge in [-0.25, -0.2) is 4.79 Å². The molecule has 0 spiro atoms. The van der Waals surface area contributed by atoms with Crippen LogP contribution in [0.4, 0.5) is 29.3 Å². The number of hydrogen-bond acceptors (Lipinski definition) is 8. The molecular formula is C20H18F3N3O6S. The van der Waals surface area contributed by atoms with Crippen LogP contribution in [0, 0.1) is 10.1 Å². The van der Waals surface area contributed by atoms with Crippen LogP contribution >= 0.6 is 12.6 Å². The van der Waals surface area contributed by atoms with E-state index in [-0.39, 0.29) is 30.9 Å². The van der Waals surface area contributed by atoms with Gasteiger partial charge in [-0.3, -0.25) is 19.8 Å². The number of halogens is 3. The number of nitrogens with one attached hydrogen (secondary N) is 1. The van der Waals surface area contributed by atoms with Gasteiger partial charge < -0.3 is 14.8 Å². The number of nitrogens with zero attached hydrogens (tertiary/aromatic N) is 2. The smallest absolute Gasteiger partial charge is 0.444 e. The van der Waals surface area contributed by atoms with Crippen molar-refractivity contribution in [2.45, 2.75) is 30.3 Å². The number of benzene rings is 2. The number of likely N-dealkylation sites (tertiary alicyclic amines) is 1. The van der Waals surface area contributed by atoms with Crippen LogP contribution in [0.3, 0.4) is 0 Å². The molecule has 2 atom stereocenters. The maximum absolute atomic E-state index is 12.7. The third-order valence-electron chi connectivity index (χ3n) is 4.78. The van der Waals surface area contributed by atoms with E-state index in [0.29, 0.717) is 11.8 Å². The Morgan fingerprint density at radius 2 is 2.00 bits per heavy atom. The van der Waals surface area contributed by atoms with Gasteiger partial charge in [0.25, 0.3) is 5.69 Å². The molecule has 0 saturated carbocycles. The third-order valence-corrected chi connectivity index (χ3v) is 5.12. The molecule has 0 aromatic heterocycles. The average molecular weight is 485 g/mol. The highest BCUT2D eigenvalue weighted by Crippen LogP contribution is 2.34. The number of carbonyl (C=O) groups is 2. The van der Waals surface area contributed by atoms with E-state index in [1.54, 1.807) is 0 Å². The summed E-state index contributed by atoms with van der Waals surface area (Å²) < 4.78 is 46.7. The monoisotopic (exact) mass is 485 g/mol. The number of thiol groups is 1. The number of nitro groups is 1. The minimum Gasteiger partial charge on any atom is -0.444 e. The van der Waals surface area contributed by atoms with E-state index in [4.69, 9.17) is 4.74 Å². The van der Waals surface area contributed by atoms with Gasteiger partial charge in [0.2, 0.25) is 0 Å². The number of hydrogen-bond donors (Lipinski definition) is 2. The van der Waals surface area contributed by atoms with Gasteiger partial charge in [-0.05, 0) is 29.8 Å². The molecule has 13 heteroatoms. The predicted octanol–water partition coefficient (Wildman–Crippen LogP) is 4.14. The molecule has 2 aromatic rings. The second-order valence-electron chi connectivity index (χ2n) is 7.19. The maximum Gasteiger partial charge on any atom is 0.573 e. The lowest BCUT2D eigenvalue weighted by Gasteiger charge is -2.34. The number of rotatable bonds is 7. The van der Waals surface area contributed by atoms with Crippen molar-refractivity contribution < 1.29 is 37.2 Å². The molecule has 0 aliphatic carbocycles. The Labute approximate surface area is 191 Å². The zero-order valence-corrected chi connectivity index (χ0v) is 17.7. The van der Waals surface area contributed by atoms with Crippen LogP contribution in [-0.4, -0.2) is 46.0 Å². The summed E-state index contributed by atoms with van der Waals surface area (Å²) in [5.74, 6) is -0.499. The Morgan fingerprint density at radius 3 is 2.61 bits per heavy atom. The van der Waals surface area contributed by atoms with Crippen LogP contribution in [0.2, 0.25) is 0 Å². The summed E-state index contributed by atoms with van der Waals surface area (Å²) in [6, 6.07) is 10.2.